The van der Waals surface area contributed by atoms with Gasteiger partial charge in [0.1, 0.15) is 12.7 Å². The third kappa shape index (κ3) is 52.4. The fourth-order valence-corrected chi connectivity index (χ4v) is 9.56. The molecule has 0 saturated heterocycles. The number of esters is 1. The Hall–Kier alpha value is -1.78. The van der Waals surface area contributed by atoms with Crippen LogP contribution < -0.4 is 5.32 Å². The van der Waals surface area contributed by atoms with Gasteiger partial charge in [-0.25, -0.2) is 9.36 Å². The fraction of sp³-hybridized carbons (Fsp3) is 0.912. The van der Waals surface area contributed by atoms with Gasteiger partial charge in [-0.3, -0.25) is 18.6 Å². The molecule has 0 spiro atoms. The van der Waals surface area contributed by atoms with Crippen molar-refractivity contribution in [3.8, 4) is 0 Å². The number of nitrogens with one attached hydrogen (secondary N) is 1. The van der Waals surface area contributed by atoms with Crippen molar-refractivity contribution < 1.29 is 47.8 Å². The second kappa shape index (κ2) is 52.5. The van der Waals surface area contributed by atoms with Crippen LogP contribution in [-0.2, 0) is 32.7 Å². The second-order valence-corrected chi connectivity index (χ2v) is 21.6. The molecule has 4 N–H and O–H groups in total. The minimum absolute atomic E-state index is 0.152. The Kier molecular flexibility index (Phi) is 51.2. The van der Waals surface area contributed by atoms with E-state index >= 15 is 0 Å². The van der Waals surface area contributed by atoms with E-state index in [0.29, 0.717) is 12.8 Å². The van der Waals surface area contributed by atoms with E-state index in [4.69, 9.17) is 13.8 Å². The first-order valence-electron chi connectivity index (χ1n) is 29.2. The number of aliphatic hydroxyl groups is 1. The topological polar surface area (TPSA) is 169 Å². The number of allylic oxidation sites excluding steroid dienone is 2. The van der Waals surface area contributed by atoms with Gasteiger partial charge in [0.15, 0.2) is 6.04 Å². The van der Waals surface area contributed by atoms with Crippen LogP contribution in [0.5, 0.6) is 0 Å². The average Bonchev–Trinajstić information content (AvgIpc) is 3.33. The van der Waals surface area contributed by atoms with Crippen molar-refractivity contribution in [2.45, 2.75) is 315 Å². The summed E-state index contributed by atoms with van der Waals surface area (Å²) in [6.45, 7) is 2.67. The van der Waals surface area contributed by atoms with Crippen molar-refractivity contribution in [1.29, 1.82) is 0 Å². The van der Waals surface area contributed by atoms with Crippen LogP contribution in [0.15, 0.2) is 12.2 Å². The molecular weight excluding hydrogens is 890 g/mol. The van der Waals surface area contributed by atoms with Gasteiger partial charge >= 0.3 is 19.8 Å². The first kappa shape index (κ1) is 67.2. The third-order valence-electron chi connectivity index (χ3n) is 13.3. The summed E-state index contributed by atoms with van der Waals surface area (Å²) in [6.07, 6.45) is 58.1. The summed E-state index contributed by atoms with van der Waals surface area (Å²) in [6, 6.07) is -1.54. The zero-order valence-electron chi connectivity index (χ0n) is 44.9. The van der Waals surface area contributed by atoms with Crippen molar-refractivity contribution in [1.82, 2.24) is 5.32 Å². The molecule has 0 bridgehead atoms. The standard InChI is InChI=1S/C57H110NO10P/c1-3-5-7-9-11-13-15-17-19-21-23-25-26-27-29-30-32-34-36-38-40-42-44-46-48-55(60)58-54(57(62)63)52-68-69(64,65)67-51-53(59)50-66-56(61)49-47-45-43-41-39-37-35-33-31-28-24-22-20-18-16-14-12-10-8-6-4-2/h18,20,53-54,59H,3-17,19,21-52H2,1-2H3,(H,58,60)(H,62,63)(H,64,65)/b20-18+. The molecule has 0 aromatic carbocycles. The van der Waals surface area contributed by atoms with Crippen molar-refractivity contribution in [3.63, 3.8) is 0 Å². The number of amides is 1. The van der Waals surface area contributed by atoms with E-state index in [0.717, 1.165) is 38.5 Å². The minimum Gasteiger partial charge on any atom is -0.480 e. The summed E-state index contributed by atoms with van der Waals surface area (Å²) in [5.74, 6) is -2.35. The molecule has 12 heteroatoms. The zero-order chi connectivity index (χ0) is 50.6. The molecule has 0 aromatic rings. The summed E-state index contributed by atoms with van der Waals surface area (Å²) in [7, 11) is -4.76. The number of aliphatic hydroxyl groups excluding tert-OH is 1. The Bertz CT molecular complexity index is 1220. The van der Waals surface area contributed by atoms with Gasteiger partial charge in [0, 0.05) is 12.8 Å². The molecule has 3 unspecified atom stereocenters. The number of unbranched alkanes of at least 4 members (excludes halogenated alkanes) is 40. The second-order valence-electron chi connectivity index (χ2n) is 20.2. The number of hydrogen-bond acceptors (Lipinski definition) is 8. The molecule has 0 saturated carbocycles. The lowest BCUT2D eigenvalue weighted by molar-refractivity contribution is -0.147. The van der Waals surface area contributed by atoms with Gasteiger partial charge in [0.25, 0.3) is 0 Å². The van der Waals surface area contributed by atoms with E-state index in [-0.39, 0.29) is 12.8 Å². The number of carboxylic acids is 1. The Morgan fingerprint density at radius 3 is 1.10 bits per heavy atom. The van der Waals surface area contributed by atoms with Crippen molar-refractivity contribution in [2.75, 3.05) is 19.8 Å². The summed E-state index contributed by atoms with van der Waals surface area (Å²) in [5, 5.41) is 22.0. The maximum atomic E-state index is 12.4. The predicted octanol–water partition coefficient (Wildman–Crippen LogP) is 16.7. The first-order chi connectivity index (χ1) is 33.6. The molecule has 0 aliphatic carbocycles. The number of phosphoric acid groups is 1. The molecule has 0 aliphatic rings. The molecule has 0 fully saturated rings. The predicted molar refractivity (Wildman–Crippen MR) is 287 cm³/mol. The molecule has 0 rings (SSSR count). The van der Waals surface area contributed by atoms with E-state index in [1.807, 2.05) is 0 Å². The van der Waals surface area contributed by atoms with Gasteiger partial charge in [0.2, 0.25) is 5.91 Å². The number of rotatable bonds is 56. The fourth-order valence-electron chi connectivity index (χ4n) is 8.79. The highest BCUT2D eigenvalue weighted by molar-refractivity contribution is 7.47. The molecular formula is C57H110NO10P. The van der Waals surface area contributed by atoms with Crippen LogP contribution in [0.4, 0.5) is 0 Å². The lowest BCUT2D eigenvalue weighted by atomic mass is 10.0. The highest BCUT2D eigenvalue weighted by atomic mass is 31.2. The van der Waals surface area contributed by atoms with Crippen LogP contribution in [0.3, 0.4) is 0 Å². The Balaban J connectivity index is 3.73. The van der Waals surface area contributed by atoms with Crippen LogP contribution in [0, 0.1) is 0 Å². The van der Waals surface area contributed by atoms with Crippen molar-refractivity contribution in [3.05, 3.63) is 12.2 Å². The molecule has 3 atom stereocenters. The van der Waals surface area contributed by atoms with Crippen LogP contribution >= 0.6 is 7.82 Å². The maximum absolute atomic E-state index is 12.4. The number of carboxylic acid groups (broad SMARTS) is 1. The summed E-state index contributed by atoms with van der Waals surface area (Å²) < 4.78 is 27.0. The molecule has 11 nitrogen and oxygen atoms in total. The summed E-state index contributed by atoms with van der Waals surface area (Å²) >= 11 is 0. The monoisotopic (exact) mass is 1000 g/mol. The first-order valence-corrected chi connectivity index (χ1v) is 30.7. The van der Waals surface area contributed by atoms with Crippen molar-refractivity contribution in [2.24, 2.45) is 0 Å². The Morgan fingerprint density at radius 1 is 0.449 bits per heavy atom. The van der Waals surface area contributed by atoms with E-state index in [9.17, 15) is 34.1 Å². The Labute approximate surface area is 424 Å². The quantitative estimate of drug-likeness (QED) is 0.0199. The van der Waals surface area contributed by atoms with E-state index < -0.39 is 57.6 Å². The highest BCUT2D eigenvalue weighted by Gasteiger charge is 2.28. The smallest absolute Gasteiger partial charge is 0.472 e. The molecule has 1 amide bonds. The maximum Gasteiger partial charge on any atom is 0.472 e. The number of carbonyl (C=O) groups excluding carboxylic acids is 2. The number of phosphoric ester groups is 1. The summed E-state index contributed by atoms with van der Waals surface area (Å²) in [4.78, 5) is 46.3. The lowest BCUT2D eigenvalue weighted by Gasteiger charge is -2.18. The Morgan fingerprint density at radius 2 is 0.754 bits per heavy atom. The van der Waals surface area contributed by atoms with Crippen LogP contribution in [0.2, 0.25) is 0 Å². The lowest BCUT2D eigenvalue weighted by Crippen LogP contribution is -2.43. The zero-order valence-corrected chi connectivity index (χ0v) is 45.8. The molecule has 0 aliphatic heterocycles. The number of hydrogen-bond donors (Lipinski definition) is 4. The van der Waals surface area contributed by atoms with E-state index in [1.165, 1.54) is 225 Å². The normalized spacial score (nSPS) is 13.4. The largest absolute Gasteiger partial charge is 0.480 e. The number of aliphatic carboxylic acids is 1. The molecule has 0 aromatic heterocycles. The minimum atomic E-state index is -4.76. The van der Waals surface area contributed by atoms with Crippen molar-refractivity contribution >= 4 is 25.7 Å². The number of ether oxygens (including phenoxy) is 1. The van der Waals surface area contributed by atoms with Gasteiger partial charge in [-0.2, -0.15) is 0 Å². The van der Waals surface area contributed by atoms with Crippen LogP contribution in [0.25, 0.3) is 0 Å². The molecule has 408 valence electrons. The summed E-state index contributed by atoms with van der Waals surface area (Å²) in [5.41, 5.74) is 0. The van der Waals surface area contributed by atoms with Gasteiger partial charge in [-0.05, 0) is 38.5 Å². The highest BCUT2D eigenvalue weighted by Crippen LogP contribution is 2.43. The van der Waals surface area contributed by atoms with Crippen LogP contribution in [0.1, 0.15) is 303 Å². The van der Waals surface area contributed by atoms with E-state index in [2.05, 4.69) is 31.3 Å². The third-order valence-corrected chi connectivity index (χ3v) is 14.3. The van der Waals surface area contributed by atoms with Gasteiger partial charge < -0.3 is 25.2 Å². The average molecular weight is 1000 g/mol. The number of carbonyl (C=O) groups is 3. The molecule has 0 heterocycles. The van der Waals surface area contributed by atoms with E-state index in [1.54, 1.807) is 0 Å². The SMILES string of the molecule is CCCCCCCC/C=C/CCCCCCCCCCCCCC(=O)OCC(O)COP(=O)(O)OCC(NC(=O)CCCCCCCCCCCCCCCCCCCCCCCCCC)C(=O)O. The van der Waals surface area contributed by atoms with Crippen LogP contribution in [-0.4, -0.2) is 64.9 Å². The van der Waals surface area contributed by atoms with Gasteiger partial charge in [-0.1, -0.05) is 264 Å². The van der Waals surface area contributed by atoms with Gasteiger partial charge in [-0.15, -0.1) is 0 Å². The molecule has 69 heavy (non-hydrogen) atoms. The molecule has 0 radical (unpaired) electrons. The van der Waals surface area contributed by atoms with Gasteiger partial charge in [0.05, 0.1) is 13.2 Å².